The van der Waals surface area contributed by atoms with Crippen molar-refractivity contribution in [2.45, 2.75) is 57.1 Å². The van der Waals surface area contributed by atoms with E-state index in [1.165, 1.54) is 5.56 Å². The molecule has 41 heavy (non-hydrogen) atoms. The molecule has 212 valence electrons. The zero-order valence-corrected chi connectivity index (χ0v) is 23.7. The van der Waals surface area contributed by atoms with Gasteiger partial charge in [0.2, 0.25) is 0 Å². The molecule has 4 rings (SSSR count). The maximum atomic E-state index is 6.75. The fraction of sp³-hybridized carbons (Fsp3) is 0.243. The fourth-order valence-electron chi connectivity index (χ4n) is 4.77. The molecule has 0 fully saturated rings. The van der Waals surface area contributed by atoms with Crippen LogP contribution in [0, 0.1) is 0 Å². The summed E-state index contributed by atoms with van der Waals surface area (Å²) in [6, 6.07) is 40.9. The van der Waals surface area contributed by atoms with Gasteiger partial charge in [-0.25, -0.2) is 0 Å². The van der Waals surface area contributed by atoms with Gasteiger partial charge in [0, 0.05) is 12.6 Å². The number of rotatable bonds is 18. The van der Waals surface area contributed by atoms with E-state index in [1.54, 1.807) is 0 Å². The van der Waals surface area contributed by atoms with Crippen molar-refractivity contribution in [3.8, 4) is 0 Å². The largest absolute Gasteiger partial charge is 0.369 e. The van der Waals surface area contributed by atoms with E-state index in [1.807, 2.05) is 72.8 Å². The maximum Gasteiger partial charge on any atom is 0.115 e. The van der Waals surface area contributed by atoms with Crippen LogP contribution in [0.5, 0.6) is 0 Å². The van der Waals surface area contributed by atoms with Gasteiger partial charge in [0.05, 0.1) is 19.8 Å². The molecule has 0 amide bonds. The van der Waals surface area contributed by atoms with E-state index in [0.717, 1.165) is 16.7 Å². The first-order valence-electron chi connectivity index (χ1n) is 14.2. The lowest BCUT2D eigenvalue weighted by molar-refractivity contribution is -0.147. The Morgan fingerprint density at radius 3 is 1.39 bits per heavy atom. The molecule has 0 aliphatic carbocycles. The fourth-order valence-corrected chi connectivity index (χ4v) is 4.77. The van der Waals surface area contributed by atoms with Crippen LogP contribution >= 0.6 is 0 Å². The molecule has 4 atom stereocenters. The van der Waals surface area contributed by atoms with Crippen molar-refractivity contribution in [3.63, 3.8) is 0 Å². The number of nitrogens with one attached hydrogen (secondary N) is 1. The SMILES string of the molecule is C=CC[C@@H](NCc1ccccc1)[C@H](OCc1ccccc1)[C@H](OCc1ccccc1)[C@@H](C=C)OCc1ccccc1. The van der Waals surface area contributed by atoms with Crippen LogP contribution in [-0.4, -0.2) is 24.4 Å². The highest BCUT2D eigenvalue weighted by atomic mass is 16.6. The summed E-state index contributed by atoms with van der Waals surface area (Å²) >= 11 is 0. The van der Waals surface area contributed by atoms with Gasteiger partial charge in [-0.3, -0.25) is 0 Å². The molecule has 4 aromatic carbocycles. The summed E-state index contributed by atoms with van der Waals surface area (Å²) in [6.07, 6.45) is 3.25. The zero-order valence-electron chi connectivity index (χ0n) is 23.7. The molecule has 0 saturated carbocycles. The predicted molar refractivity (Wildman–Crippen MR) is 167 cm³/mol. The monoisotopic (exact) mass is 547 g/mol. The summed E-state index contributed by atoms with van der Waals surface area (Å²) < 4.78 is 19.9. The van der Waals surface area contributed by atoms with E-state index < -0.39 is 12.2 Å². The molecule has 4 aromatic rings. The minimum atomic E-state index is -0.437. The molecular formula is C37H41NO3. The van der Waals surface area contributed by atoms with Gasteiger partial charge in [-0.1, -0.05) is 133 Å². The molecule has 0 unspecified atom stereocenters. The Bertz CT molecular complexity index is 1260. The molecule has 0 spiro atoms. The van der Waals surface area contributed by atoms with E-state index in [2.05, 4.69) is 79.1 Å². The number of hydrogen-bond donors (Lipinski definition) is 1. The first-order valence-corrected chi connectivity index (χ1v) is 14.2. The summed E-state index contributed by atoms with van der Waals surface area (Å²) in [5.74, 6) is 0. The molecule has 0 bridgehead atoms. The van der Waals surface area contributed by atoms with Crippen LogP contribution in [0.3, 0.4) is 0 Å². The molecule has 1 N–H and O–H groups in total. The third-order valence-electron chi connectivity index (χ3n) is 6.96. The summed E-state index contributed by atoms with van der Waals surface area (Å²) in [5.41, 5.74) is 4.47. The molecular weight excluding hydrogens is 506 g/mol. The van der Waals surface area contributed by atoms with Crippen molar-refractivity contribution in [1.29, 1.82) is 0 Å². The molecule has 0 saturated heterocycles. The third kappa shape index (κ3) is 9.96. The Hall–Kier alpha value is -3.80. The Morgan fingerprint density at radius 2 is 0.951 bits per heavy atom. The van der Waals surface area contributed by atoms with Crippen LogP contribution < -0.4 is 5.32 Å². The lowest BCUT2D eigenvalue weighted by Crippen LogP contribution is -2.52. The Morgan fingerprint density at radius 1 is 0.537 bits per heavy atom. The molecule has 4 nitrogen and oxygen atoms in total. The van der Waals surface area contributed by atoms with Gasteiger partial charge in [0.1, 0.15) is 18.3 Å². The van der Waals surface area contributed by atoms with E-state index in [-0.39, 0.29) is 12.1 Å². The van der Waals surface area contributed by atoms with Crippen LogP contribution in [0.2, 0.25) is 0 Å². The van der Waals surface area contributed by atoms with Gasteiger partial charge in [0.15, 0.2) is 0 Å². The molecule has 0 heterocycles. The molecule has 0 aromatic heterocycles. The Kier molecular flexibility index (Phi) is 12.6. The smallest absolute Gasteiger partial charge is 0.115 e. The predicted octanol–water partition coefficient (Wildman–Crippen LogP) is 7.66. The number of hydrogen-bond acceptors (Lipinski definition) is 4. The van der Waals surface area contributed by atoms with E-state index in [0.29, 0.717) is 32.8 Å². The van der Waals surface area contributed by atoms with Crippen molar-refractivity contribution in [2.24, 2.45) is 0 Å². The summed E-state index contributed by atoms with van der Waals surface area (Å²) in [4.78, 5) is 0. The van der Waals surface area contributed by atoms with Gasteiger partial charge >= 0.3 is 0 Å². The van der Waals surface area contributed by atoms with Crippen molar-refractivity contribution in [1.82, 2.24) is 5.32 Å². The highest BCUT2D eigenvalue weighted by Gasteiger charge is 2.36. The normalized spacial score (nSPS) is 14.0. The van der Waals surface area contributed by atoms with Gasteiger partial charge in [-0.15, -0.1) is 13.2 Å². The quantitative estimate of drug-likeness (QED) is 0.130. The molecule has 0 aliphatic rings. The second kappa shape index (κ2) is 17.1. The average Bonchev–Trinajstić information content (AvgIpc) is 3.04. The van der Waals surface area contributed by atoms with E-state index >= 15 is 0 Å². The Balaban J connectivity index is 1.63. The van der Waals surface area contributed by atoms with Gasteiger partial charge in [-0.05, 0) is 28.7 Å². The first-order chi connectivity index (χ1) is 20.3. The second-order valence-corrected chi connectivity index (χ2v) is 10.0. The van der Waals surface area contributed by atoms with Crippen molar-refractivity contribution in [3.05, 3.63) is 169 Å². The van der Waals surface area contributed by atoms with Gasteiger partial charge < -0.3 is 19.5 Å². The topological polar surface area (TPSA) is 39.7 Å². The minimum absolute atomic E-state index is 0.0834. The molecule has 4 heteroatoms. The van der Waals surface area contributed by atoms with E-state index in [9.17, 15) is 0 Å². The first kappa shape index (κ1) is 30.2. The second-order valence-electron chi connectivity index (χ2n) is 10.0. The molecule has 0 radical (unpaired) electrons. The van der Waals surface area contributed by atoms with Gasteiger partial charge in [0.25, 0.3) is 0 Å². The van der Waals surface area contributed by atoms with Crippen molar-refractivity contribution in [2.75, 3.05) is 0 Å². The standard InChI is InChI=1S/C37H41NO3/c1-3-17-34(38-26-30-18-9-5-10-19-30)36(40-28-32-22-13-7-14-23-32)37(41-29-33-24-15-8-16-25-33)35(4-2)39-27-31-20-11-6-12-21-31/h3-16,18-25,34-38H,1-2,17,26-29H2/t34-,35-,36+,37-/m1/s1. The maximum absolute atomic E-state index is 6.75. The summed E-state index contributed by atoms with van der Waals surface area (Å²) in [6.45, 7) is 10.2. The van der Waals surface area contributed by atoms with Crippen LogP contribution in [0.1, 0.15) is 28.7 Å². The van der Waals surface area contributed by atoms with Crippen LogP contribution in [0.25, 0.3) is 0 Å². The molecule has 0 aliphatic heterocycles. The van der Waals surface area contributed by atoms with Crippen LogP contribution in [-0.2, 0) is 40.6 Å². The van der Waals surface area contributed by atoms with Crippen LogP contribution in [0.15, 0.2) is 147 Å². The van der Waals surface area contributed by atoms with E-state index in [4.69, 9.17) is 14.2 Å². The van der Waals surface area contributed by atoms with Gasteiger partial charge in [-0.2, -0.15) is 0 Å². The highest BCUT2D eigenvalue weighted by Crippen LogP contribution is 2.23. The highest BCUT2D eigenvalue weighted by molar-refractivity contribution is 5.17. The lowest BCUT2D eigenvalue weighted by Gasteiger charge is -2.37. The minimum Gasteiger partial charge on any atom is -0.369 e. The third-order valence-corrected chi connectivity index (χ3v) is 6.96. The zero-order chi connectivity index (χ0) is 28.5. The van der Waals surface area contributed by atoms with Crippen LogP contribution in [0.4, 0.5) is 0 Å². The van der Waals surface area contributed by atoms with Crippen molar-refractivity contribution >= 4 is 0 Å². The average molecular weight is 548 g/mol. The van der Waals surface area contributed by atoms with Crippen molar-refractivity contribution < 1.29 is 14.2 Å². The number of ether oxygens (including phenoxy) is 3. The summed E-state index contributed by atoms with van der Waals surface area (Å²) in [7, 11) is 0. The summed E-state index contributed by atoms with van der Waals surface area (Å²) in [5, 5.41) is 3.74. The lowest BCUT2D eigenvalue weighted by atomic mass is 9.96. The Labute approximate surface area is 245 Å². The number of benzene rings is 4.